The highest BCUT2D eigenvalue weighted by atomic mass is 35.5. The zero-order valence-electron chi connectivity index (χ0n) is 18.6. The molecule has 0 aliphatic carbocycles. The zero-order valence-corrected chi connectivity index (χ0v) is 20.2. The fraction of sp³-hybridized carbons (Fsp3) is 0.318. The number of imidazole rings is 1. The van der Waals surface area contributed by atoms with Crippen molar-refractivity contribution in [3.63, 3.8) is 0 Å². The molecule has 33 heavy (non-hydrogen) atoms. The number of hydrogen-bond donors (Lipinski definition) is 1. The number of hydrogen-bond acceptors (Lipinski definition) is 5. The van der Waals surface area contributed by atoms with Crippen LogP contribution in [0.2, 0.25) is 5.02 Å². The van der Waals surface area contributed by atoms with Crippen LogP contribution in [0.3, 0.4) is 0 Å². The largest absolute Gasteiger partial charge is 0.341 e. The number of amides is 1. The Morgan fingerprint density at radius 3 is 2.39 bits per heavy atom. The second kappa shape index (κ2) is 10.3. The Morgan fingerprint density at radius 2 is 1.82 bits per heavy atom. The topological polar surface area (TPSA) is 106 Å². The van der Waals surface area contributed by atoms with E-state index in [2.05, 4.69) is 10.3 Å². The van der Waals surface area contributed by atoms with E-state index in [1.54, 1.807) is 55.1 Å². The number of carbonyl (C=O) groups is 1. The lowest BCUT2D eigenvalue weighted by Gasteiger charge is -2.20. The second-order valence-electron chi connectivity index (χ2n) is 7.37. The number of sulfonamides is 1. The summed E-state index contributed by atoms with van der Waals surface area (Å²) in [5.41, 5.74) is 0.274. The predicted octanol–water partition coefficient (Wildman–Crippen LogP) is 2.17. The van der Waals surface area contributed by atoms with Gasteiger partial charge < -0.3 is 14.5 Å². The number of nitrogens with zero attached hydrogens (tertiary/aromatic N) is 4. The fourth-order valence-corrected chi connectivity index (χ4v) is 5.07. The summed E-state index contributed by atoms with van der Waals surface area (Å²) in [5.74, 6) is 0.119. The van der Waals surface area contributed by atoms with Gasteiger partial charge in [0.25, 0.3) is 5.56 Å². The molecule has 3 rings (SSSR count). The first kappa shape index (κ1) is 24.7. The minimum absolute atomic E-state index is 0.0445. The summed E-state index contributed by atoms with van der Waals surface area (Å²) in [6, 6.07) is 8.81. The van der Waals surface area contributed by atoms with Gasteiger partial charge in [-0.05, 0) is 23.8 Å². The summed E-state index contributed by atoms with van der Waals surface area (Å²) in [5, 5.41) is 3.45. The Bertz CT molecular complexity index is 1280. The predicted molar refractivity (Wildman–Crippen MR) is 125 cm³/mol. The van der Waals surface area contributed by atoms with E-state index >= 15 is 0 Å². The molecule has 2 heterocycles. The third kappa shape index (κ3) is 5.52. The van der Waals surface area contributed by atoms with Crippen LogP contribution in [-0.2, 0) is 28.4 Å². The maximum Gasteiger partial charge on any atom is 0.251 e. The Morgan fingerprint density at radius 1 is 1.15 bits per heavy atom. The number of halogens is 1. The van der Waals surface area contributed by atoms with E-state index in [1.807, 2.05) is 7.05 Å². The van der Waals surface area contributed by atoms with Gasteiger partial charge in [-0.2, -0.15) is 4.31 Å². The van der Waals surface area contributed by atoms with Crippen molar-refractivity contribution in [2.24, 2.45) is 7.05 Å². The van der Waals surface area contributed by atoms with Crippen LogP contribution in [0.25, 0.3) is 0 Å². The van der Waals surface area contributed by atoms with Gasteiger partial charge in [0, 0.05) is 49.8 Å². The SMILES string of the molecule is CCN(CC)S(=O)(=O)c1ccc(=O)n(CC(=O)N[C@@H](c2ccc(Cl)cc2)c2nccn2C)c1. The van der Waals surface area contributed by atoms with Crippen molar-refractivity contribution in [2.75, 3.05) is 13.1 Å². The van der Waals surface area contributed by atoms with Crippen LogP contribution in [0, 0.1) is 0 Å². The molecule has 0 saturated heterocycles. The molecule has 0 fully saturated rings. The van der Waals surface area contributed by atoms with Crippen LogP contribution >= 0.6 is 11.6 Å². The molecule has 1 amide bonds. The molecule has 0 aliphatic rings. The summed E-state index contributed by atoms with van der Waals surface area (Å²) < 4.78 is 29.8. The number of nitrogens with one attached hydrogen (secondary N) is 1. The van der Waals surface area contributed by atoms with Gasteiger partial charge >= 0.3 is 0 Å². The van der Waals surface area contributed by atoms with Crippen LogP contribution in [-0.4, -0.2) is 45.8 Å². The smallest absolute Gasteiger partial charge is 0.251 e. The highest BCUT2D eigenvalue weighted by Crippen LogP contribution is 2.22. The summed E-state index contributed by atoms with van der Waals surface area (Å²) in [4.78, 5) is 29.6. The van der Waals surface area contributed by atoms with Gasteiger partial charge in [-0.25, -0.2) is 13.4 Å². The molecular weight excluding hydrogens is 466 g/mol. The summed E-state index contributed by atoms with van der Waals surface area (Å²) in [7, 11) is -1.96. The third-order valence-electron chi connectivity index (χ3n) is 5.24. The van der Waals surface area contributed by atoms with Crippen LogP contribution < -0.4 is 10.9 Å². The van der Waals surface area contributed by atoms with Crippen LogP contribution in [0.5, 0.6) is 0 Å². The molecule has 0 aliphatic heterocycles. The first-order valence-electron chi connectivity index (χ1n) is 10.4. The average molecular weight is 492 g/mol. The van der Waals surface area contributed by atoms with Crippen molar-refractivity contribution in [2.45, 2.75) is 31.3 Å². The van der Waals surface area contributed by atoms with Crippen LogP contribution in [0.15, 0.2) is 64.7 Å². The molecule has 9 nitrogen and oxygen atoms in total. The molecule has 1 aromatic carbocycles. The average Bonchev–Trinajstić information content (AvgIpc) is 3.20. The van der Waals surface area contributed by atoms with E-state index in [9.17, 15) is 18.0 Å². The van der Waals surface area contributed by atoms with Crippen molar-refractivity contribution in [3.8, 4) is 0 Å². The van der Waals surface area contributed by atoms with Gasteiger partial charge in [0.05, 0.1) is 4.90 Å². The number of rotatable bonds is 9. The Kier molecular flexibility index (Phi) is 7.72. The quantitative estimate of drug-likeness (QED) is 0.493. The molecule has 3 aromatic rings. The van der Waals surface area contributed by atoms with Gasteiger partial charge in [-0.15, -0.1) is 0 Å². The lowest BCUT2D eigenvalue weighted by Crippen LogP contribution is -2.36. The van der Waals surface area contributed by atoms with Crippen LogP contribution in [0.4, 0.5) is 0 Å². The lowest BCUT2D eigenvalue weighted by molar-refractivity contribution is -0.122. The maximum absolute atomic E-state index is 12.9. The van der Waals surface area contributed by atoms with Crippen molar-refractivity contribution in [3.05, 3.63) is 81.8 Å². The molecule has 0 spiro atoms. The van der Waals surface area contributed by atoms with Gasteiger partial charge in [0.2, 0.25) is 15.9 Å². The second-order valence-corrected chi connectivity index (χ2v) is 9.74. The highest BCUT2D eigenvalue weighted by molar-refractivity contribution is 7.89. The molecule has 11 heteroatoms. The number of pyridine rings is 1. The van der Waals surface area contributed by atoms with E-state index in [-0.39, 0.29) is 11.4 Å². The fourth-order valence-electron chi connectivity index (χ4n) is 3.47. The maximum atomic E-state index is 12.9. The summed E-state index contributed by atoms with van der Waals surface area (Å²) >= 11 is 6.00. The molecule has 1 N–H and O–H groups in total. The van der Waals surface area contributed by atoms with E-state index in [0.29, 0.717) is 23.9 Å². The monoisotopic (exact) mass is 491 g/mol. The minimum atomic E-state index is -3.77. The Balaban J connectivity index is 1.89. The Hall–Kier alpha value is -2.95. The molecule has 0 saturated carbocycles. The van der Waals surface area contributed by atoms with Gasteiger partial charge in [-0.1, -0.05) is 37.6 Å². The first-order valence-corrected chi connectivity index (χ1v) is 12.2. The van der Waals surface area contributed by atoms with E-state index < -0.39 is 27.5 Å². The zero-order chi connectivity index (χ0) is 24.2. The Labute approximate surface area is 197 Å². The lowest BCUT2D eigenvalue weighted by atomic mass is 10.1. The number of carbonyl (C=O) groups excluding carboxylic acids is 1. The van der Waals surface area contributed by atoms with E-state index in [1.165, 1.54) is 16.6 Å². The summed E-state index contributed by atoms with van der Waals surface area (Å²) in [6.45, 7) is 3.71. The normalized spacial score (nSPS) is 12.6. The number of aryl methyl sites for hydroxylation is 1. The van der Waals surface area contributed by atoms with Crippen LogP contribution in [0.1, 0.15) is 31.3 Å². The standard InChI is InChI=1S/C22H26ClN5O4S/c1-4-28(5-2)33(31,32)18-10-11-20(30)27(14-18)15-19(29)25-21(22-24-12-13-26(22)3)16-6-8-17(23)9-7-16/h6-14,21H,4-5,15H2,1-3H3,(H,25,29)/t21-/m0/s1. The first-order chi connectivity index (χ1) is 15.7. The highest BCUT2D eigenvalue weighted by Gasteiger charge is 2.24. The van der Waals surface area contributed by atoms with Crippen molar-refractivity contribution < 1.29 is 13.2 Å². The molecule has 1 atom stereocenters. The van der Waals surface area contributed by atoms with Gasteiger partial charge in [0.15, 0.2) is 0 Å². The van der Waals surface area contributed by atoms with Crippen molar-refractivity contribution in [1.82, 2.24) is 23.7 Å². The minimum Gasteiger partial charge on any atom is -0.341 e. The third-order valence-corrected chi connectivity index (χ3v) is 7.52. The van der Waals surface area contributed by atoms with E-state index in [0.717, 1.165) is 16.2 Å². The number of aromatic nitrogens is 3. The number of benzene rings is 1. The molecule has 2 aromatic heterocycles. The molecule has 176 valence electrons. The van der Waals surface area contributed by atoms with Crippen molar-refractivity contribution in [1.29, 1.82) is 0 Å². The van der Waals surface area contributed by atoms with Gasteiger partial charge in [-0.3, -0.25) is 9.59 Å². The van der Waals surface area contributed by atoms with Gasteiger partial charge in [0.1, 0.15) is 18.4 Å². The molecule has 0 radical (unpaired) electrons. The molecular formula is C22H26ClN5O4S. The molecule has 0 bridgehead atoms. The molecule has 0 unspecified atom stereocenters. The van der Waals surface area contributed by atoms with E-state index in [4.69, 9.17) is 11.6 Å². The summed E-state index contributed by atoms with van der Waals surface area (Å²) in [6.07, 6.45) is 4.58. The van der Waals surface area contributed by atoms with Crippen molar-refractivity contribution >= 4 is 27.5 Å².